The molecule has 1 saturated heterocycles. The summed E-state index contributed by atoms with van der Waals surface area (Å²) in [5.41, 5.74) is 0. The van der Waals surface area contributed by atoms with E-state index in [1.165, 1.54) is 4.90 Å². The van der Waals surface area contributed by atoms with Gasteiger partial charge in [0.2, 0.25) is 5.91 Å². The van der Waals surface area contributed by atoms with Gasteiger partial charge >= 0.3 is 12.1 Å². The van der Waals surface area contributed by atoms with Crippen molar-refractivity contribution in [2.24, 2.45) is 5.92 Å². The number of hydrogen-bond donors (Lipinski definition) is 1. The van der Waals surface area contributed by atoms with E-state index in [9.17, 15) is 22.8 Å². The number of halogens is 3. The first-order valence-corrected chi connectivity index (χ1v) is 5.42. The van der Waals surface area contributed by atoms with Crippen molar-refractivity contribution in [1.29, 1.82) is 0 Å². The Morgan fingerprint density at radius 3 is 2.61 bits per heavy atom. The highest BCUT2D eigenvalue weighted by molar-refractivity contribution is 5.78. The molecule has 0 aliphatic carbocycles. The van der Waals surface area contributed by atoms with Gasteiger partial charge in [0.15, 0.2) is 0 Å². The molecule has 1 unspecified atom stereocenters. The first kappa shape index (κ1) is 14.7. The number of nitrogens with zero attached hydrogens (tertiary/aromatic N) is 1. The molecule has 0 radical (unpaired) electrons. The molecule has 104 valence electrons. The minimum absolute atomic E-state index is 0.0345. The second-order valence-electron chi connectivity index (χ2n) is 4.20. The minimum atomic E-state index is -4.45. The Balaban J connectivity index is 2.25. The van der Waals surface area contributed by atoms with E-state index in [0.29, 0.717) is 13.0 Å². The average Bonchev–Trinajstić information content (AvgIpc) is 2.63. The molecule has 5 nitrogen and oxygen atoms in total. The van der Waals surface area contributed by atoms with Gasteiger partial charge in [0.05, 0.1) is 0 Å². The Morgan fingerprint density at radius 1 is 1.39 bits per heavy atom. The number of alkyl halides is 3. The van der Waals surface area contributed by atoms with Crippen molar-refractivity contribution in [1.82, 2.24) is 4.90 Å². The van der Waals surface area contributed by atoms with Crippen molar-refractivity contribution in [2.45, 2.75) is 19.0 Å². The lowest BCUT2D eigenvalue weighted by Gasteiger charge is -2.16. The molecule has 1 atom stereocenters. The zero-order valence-corrected chi connectivity index (χ0v) is 9.57. The minimum Gasteiger partial charge on any atom is -0.481 e. The number of rotatable bonds is 5. The second-order valence-corrected chi connectivity index (χ2v) is 4.20. The number of carboxylic acid groups (broad SMARTS) is 1. The van der Waals surface area contributed by atoms with Crippen LogP contribution in [-0.4, -0.2) is 54.4 Å². The maximum atomic E-state index is 11.8. The molecule has 1 aliphatic heterocycles. The summed E-state index contributed by atoms with van der Waals surface area (Å²) in [6.07, 6.45) is -3.93. The van der Waals surface area contributed by atoms with E-state index in [1.807, 2.05) is 0 Å². The maximum absolute atomic E-state index is 11.8. The summed E-state index contributed by atoms with van der Waals surface area (Å²) in [6.45, 7) is -1.45. The molecule has 1 fully saturated rings. The van der Waals surface area contributed by atoms with Crippen LogP contribution in [-0.2, 0) is 14.3 Å². The lowest BCUT2D eigenvalue weighted by molar-refractivity contribution is -0.177. The lowest BCUT2D eigenvalue weighted by Crippen LogP contribution is -2.33. The third kappa shape index (κ3) is 5.35. The third-order valence-electron chi connectivity index (χ3n) is 2.59. The quantitative estimate of drug-likeness (QED) is 0.805. The monoisotopic (exact) mass is 269 g/mol. The highest BCUT2D eigenvalue weighted by atomic mass is 19.4. The van der Waals surface area contributed by atoms with Crippen LogP contribution in [0, 0.1) is 5.92 Å². The Hall–Kier alpha value is -1.31. The fraction of sp³-hybridized carbons (Fsp3) is 0.800. The van der Waals surface area contributed by atoms with Crippen molar-refractivity contribution in [3.05, 3.63) is 0 Å². The van der Waals surface area contributed by atoms with E-state index in [4.69, 9.17) is 5.11 Å². The van der Waals surface area contributed by atoms with E-state index < -0.39 is 31.3 Å². The van der Waals surface area contributed by atoms with Gasteiger partial charge in [-0.3, -0.25) is 9.59 Å². The molecule has 8 heteroatoms. The molecule has 0 aromatic rings. The third-order valence-corrected chi connectivity index (χ3v) is 2.59. The zero-order valence-electron chi connectivity index (χ0n) is 9.57. The molecule has 0 bridgehead atoms. The molecular weight excluding hydrogens is 255 g/mol. The van der Waals surface area contributed by atoms with Crippen molar-refractivity contribution in [3.8, 4) is 0 Å². The predicted molar refractivity (Wildman–Crippen MR) is 53.8 cm³/mol. The van der Waals surface area contributed by atoms with Crippen molar-refractivity contribution >= 4 is 11.9 Å². The molecule has 1 N–H and O–H groups in total. The number of carbonyl (C=O) groups excluding carboxylic acids is 1. The summed E-state index contributed by atoms with van der Waals surface area (Å²) in [5, 5.41) is 8.58. The van der Waals surface area contributed by atoms with E-state index in [0.717, 1.165) is 0 Å². The van der Waals surface area contributed by atoms with E-state index >= 15 is 0 Å². The smallest absolute Gasteiger partial charge is 0.411 e. The summed E-state index contributed by atoms with van der Waals surface area (Å²) in [4.78, 5) is 23.2. The van der Waals surface area contributed by atoms with Gasteiger partial charge in [-0.05, 0) is 12.3 Å². The summed E-state index contributed by atoms with van der Waals surface area (Å²) >= 11 is 0. The number of aliphatic carboxylic acids is 1. The first-order chi connectivity index (χ1) is 8.28. The maximum Gasteiger partial charge on any atom is 0.411 e. The van der Waals surface area contributed by atoms with Crippen LogP contribution >= 0.6 is 0 Å². The molecule has 0 aromatic carbocycles. The number of carboxylic acids is 1. The van der Waals surface area contributed by atoms with Crippen LogP contribution < -0.4 is 0 Å². The molecular formula is C10H14F3NO4. The molecule has 18 heavy (non-hydrogen) atoms. The van der Waals surface area contributed by atoms with Gasteiger partial charge in [-0.1, -0.05) is 0 Å². The molecule has 0 aromatic heterocycles. The normalized spacial score (nSPS) is 20.2. The largest absolute Gasteiger partial charge is 0.481 e. The van der Waals surface area contributed by atoms with Gasteiger partial charge in [-0.2, -0.15) is 13.2 Å². The van der Waals surface area contributed by atoms with Crippen LogP contribution in [0.4, 0.5) is 13.2 Å². The summed E-state index contributed by atoms with van der Waals surface area (Å²) in [5.74, 6) is -1.61. The van der Waals surface area contributed by atoms with Crippen LogP contribution in [0.5, 0.6) is 0 Å². The Kier molecular flexibility index (Phi) is 4.94. The summed E-state index contributed by atoms with van der Waals surface area (Å²) in [7, 11) is 0. The standard InChI is InChI=1S/C10H14F3NO4/c11-10(12,13)6-18-5-8(15)14-2-1-7(4-14)3-9(16)17/h7H,1-6H2,(H,16,17). The SMILES string of the molecule is O=C(O)CC1CCN(C(=O)COCC(F)(F)F)C1. The zero-order chi connectivity index (χ0) is 13.8. The highest BCUT2D eigenvalue weighted by Crippen LogP contribution is 2.20. The molecule has 0 spiro atoms. The fourth-order valence-corrected chi connectivity index (χ4v) is 1.82. The molecule has 1 rings (SSSR count). The van der Waals surface area contributed by atoms with Crippen LogP contribution in [0.1, 0.15) is 12.8 Å². The second kappa shape index (κ2) is 6.03. The molecule has 1 aliphatic rings. The van der Waals surface area contributed by atoms with E-state index in [1.54, 1.807) is 0 Å². The molecule has 1 amide bonds. The van der Waals surface area contributed by atoms with Crippen LogP contribution in [0.2, 0.25) is 0 Å². The molecule has 1 heterocycles. The molecule has 0 saturated carbocycles. The van der Waals surface area contributed by atoms with E-state index in [2.05, 4.69) is 4.74 Å². The van der Waals surface area contributed by atoms with Crippen LogP contribution in [0.25, 0.3) is 0 Å². The number of likely N-dealkylation sites (tertiary alicyclic amines) is 1. The van der Waals surface area contributed by atoms with Crippen molar-refractivity contribution < 1.29 is 32.6 Å². The Morgan fingerprint density at radius 2 is 2.06 bits per heavy atom. The number of hydrogen-bond acceptors (Lipinski definition) is 3. The Bertz CT molecular complexity index is 319. The van der Waals surface area contributed by atoms with Crippen LogP contribution in [0.15, 0.2) is 0 Å². The van der Waals surface area contributed by atoms with Crippen molar-refractivity contribution in [3.63, 3.8) is 0 Å². The number of carbonyl (C=O) groups is 2. The van der Waals surface area contributed by atoms with Crippen molar-refractivity contribution in [2.75, 3.05) is 26.3 Å². The lowest BCUT2D eigenvalue weighted by atomic mass is 10.1. The summed E-state index contributed by atoms with van der Waals surface area (Å²) in [6, 6.07) is 0. The van der Waals surface area contributed by atoms with Gasteiger partial charge in [0, 0.05) is 19.5 Å². The van der Waals surface area contributed by atoms with Gasteiger partial charge < -0.3 is 14.7 Å². The predicted octanol–water partition coefficient (Wildman–Crippen LogP) is 0.889. The Labute approximate surface area is 102 Å². The number of ether oxygens (including phenoxy) is 1. The van der Waals surface area contributed by atoms with E-state index in [-0.39, 0.29) is 18.9 Å². The average molecular weight is 269 g/mol. The number of amides is 1. The van der Waals surface area contributed by atoms with Gasteiger partial charge in [0.25, 0.3) is 0 Å². The fourth-order valence-electron chi connectivity index (χ4n) is 1.82. The van der Waals surface area contributed by atoms with Crippen LogP contribution in [0.3, 0.4) is 0 Å². The van der Waals surface area contributed by atoms with Gasteiger partial charge in [-0.25, -0.2) is 0 Å². The highest BCUT2D eigenvalue weighted by Gasteiger charge is 2.30. The summed E-state index contributed by atoms with van der Waals surface area (Å²) < 4.78 is 39.6. The topological polar surface area (TPSA) is 66.8 Å². The first-order valence-electron chi connectivity index (χ1n) is 5.42. The van der Waals surface area contributed by atoms with Gasteiger partial charge in [0.1, 0.15) is 13.2 Å². The van der Waals surface area contributed by atoms with Gasteiger partial charge in [-0.15, -0.1) is 0 Å².